The van der Waals surface area contributed by atoms with Gasteiger partial charge in [-0.25, -0.2) is 9.59 Å². The van der Waals surface area contributed by atoms with Gasteiger partial charge in [-0.3, -0.25) is 15.1 Å². The first-order valence-corrected chi connectivity index (χ1v) is 9.10. The molecule has 0 spiro atoms. The van der Waals surface area contributed by atoms with E-state index in [1.54, 1.807) is 6.92 Å². The summed E-state index contributed by atoms with van der Waals surface area (Å²) in [6.07, 6.45) is -0.825. The zero-order valence-corrected chi connectivity index (χ0v) is 15.1. The second-order valence-electron chi connectivity index (χ2n) is 6.57. The molecule has 6 N–H and O–H groups in total. The molecule has 0 aromatic heterocycles. The summed E-state index contributed by atoms with van der Waals surface area (Å²) in [6, 6.07) is -1.04. The maximum absolute atomic E-state index is 12.3. The Morgan fingerprint density at radius 1 is 1.50 bits per heavy atom. The number of carbonyl (C=O) groups excluding carboxylic acids is 2. The molecule has 1 fully saturated rings. The first-order valence-electron chi connectivity index (χ1n) is 8.22. The number of hydrogen-bond donors (Lipinski definition) is 5. The fraction of sp³-hybridized carbons (Fsp3) is 0.600. The molecule has 1 saturated heterocycles. The van der Waals surface area contributed by atoms with Crippen LogP contribution in [0.1, 0.15) is 13.8 Å². The number of nitrogens with one attached hydrogen (secondary N) is 2. The maximum atomic E-state index is 12.3. The zero-order chi connectivity index (χ0) is 19.2. The number of aliphatic carboxylic acids is 1. The molecule has 0 radical (unpaired) electrons. The number of aliphatic hydroxyl groups excluding tert-OH is 1. The van der Waals surface area contributed by atoms with E-state index >= 15 is 0 Å². The lowest BCUT2D eigenvalue weighted by atomic mass is 9.79. The van der Waals surface area contributed by atoms with Gasteiger partial charge in [0.15, 0.2) is 5.96 Å². The summed E-state index contributed by atoms with van der Waals surface area (Å²) in [7, 11) is 0. The van der Waals surface area contributed by atoms with E-state index < -0.39 is 24.0 Å². The van der Waals surface area contributed by atoms with Crippen molar-refractivity contribution in [1.82, 2.24) is 15.5 Å². The van der Waals surface area contributed by atoms with Crippen LogP contribution in [-0.4, -0.2) is 69.5 Å². The summed E-state index contributed by atoms with van der Waals surface area (Å²) in [5.41, 5.74) is 5.04. The molecule has 11 heteroatoms. The Bertz CT molecular complexity index is 721. The number of rotatable bonds is 4. The highest BCUT2D eigenvalue weighted by molar-refractivity contribution is 8.03. The van der Waals surface area contributed by atoms with Crippen LogP contribution in [0.15, 0.2) is 15.6 Å². The number of carboxylic acids is 1. The second-order valence-corrected chi connectivity index (χ2v) is 7.91. The van der Waals surface area contributed by atoms with E-state index in [9.17, 15) is 24.6 Å². The summed E-state index contributed by atoms with van der Waals surface area (Å²) in [4.78, 5) is 41.0. The Kier molecular flexibility index (Phi) is 4.84. The second kappa shape index (κ2) is 6.80. The predicted molar refractivity (Wildman–Crippen MR) is 94.0 cm³/mol. The van der Waals surface area contributed by atoms with E-state index in [4.69, 9.17) is 5.73 Å². The Morgan fingerprint density at radius 2 is 2.19 bits per heavy atom. The van der Waals surface area contributed by atoms with Crippen LogP contribution in [0.3, 0.4) is 0 Å². The third kappa shape index (κ3) is 3.01. The normalized spacial score (nSPS) is 31.6. The third-order valence-electron chi connectivity index (χ3n) is 4.80. The summed E-state index contributed by atoms with van der Waals surface area (Å²) < 4.78 is 0. The minimum atomic E-state index is -1.15. The SMILES string of the molecule is C[C@@H](O)[C@H]1C(=O)N2C(C(=O)O)=C(SC3CN=C(NC(N)=O)NC3)[C@H](C)[C@H]12. The van der Waals surface area contributed by atoms with E-state index in [0.29, 0.717) is 18.0 Å². The Balaban J connectivity index is 1.77. The number of amides is 3. The van der Waals surface area contributed by atoms with Crippen LogP contribution in [0, 0.1) is 11.8 Å². The molecule has 1 unspecified atom stereocenters. The van der Waals surface area contributed by atoms with Crippen molar-refractivity contribution in [1.29, 1.82) is 0 Å². The standard InChI is InChI=1S/C15H21N5O5S/c1-5-9-8(6(2)21)12(22)20(9)10(13(23)24)11(5)26-7-3-17-15(18-4-7)19-14(16)25/h5-9,21H,3-4H2,1-2H3,(H,23,24)(H4,16,17,18,19,25)/t5-,6-,8-,9-/m1/s1. The Hall–Kier alpha value is -2.27. The van der Waals surface area contributed by atoms with Crippen molar-refractivity contribution in [3.63, 3.8) is 0 Å². The molecule has 10 nitrogen and oxygen atoms in total. The lowest BCUT2D eigenvalue weighted by Gasteiger charge is -2.46. The van der Waals surface area contributed by atoms with Gasteiger partial charge in [-0.05, 0) is 6.92 Å². The number of urea groups is 1. The van der Waals surface area contributed by atoms with Gasteiger partial charge in [-0.1, -0.05) is 6.92 Å². The largest absolute Gasteiger partial charge is 0.477 e. The lowest BCUT2D eigenvalue weighted by molar-refractivity contribution is -0.163. The van der Waals surface area contributed by atoms with E-state index in [0.717, 1.165) is 0 Å². The summed E-state index contributed by atoms with van der Waals surface area (Å²) >= 11 is 1.37. The molecule has 0 aromatic rings. The van der Waals surface area contributed by atoms with Crippen LogP contribution in [-0.2, 0) is 9.59 Å². The van der Waals surface area contributed by atoms with Gasteiger partial charge in [0.1, 0.15) is 5.70 Å². The number of fused-ring (bicyclic) bond motifs is 1. The minimum Gasteiger partial charge on any atom is -0.477 e. The molecular weight excluding hydrogens is 362 g/mol. The van der Waals surface area contributed by atoms with Crippen LogP contribution < -0.4 is 16.4 Å². The molecule has 0 aliphatic carbocycles. The van der Waals surface area contributed by atoms with Crippen molar-refractivity contribution >= 4 is 35.6 Å². The third-order valence-corrected chi connectivity index (χ3v) is 6.26. The number of hydrogen-bond acceptors (Lipinski definition) is 7. The molecule has 3 aliphatic heterocycles. The number of nitrogens with two attached hydrogens (primary N) is 1. The lowest BCUT2D eigenvalue weighted by Crippen LogP contribution is -2.63. The highest BCUT2D eigenvalue weighted by atomic mass is 32.2. The van der Waals surface area contributed by atoms with E-state index in [1.165, 1.54) is 16.7 Å². The molecule has 3 heterocycles. The van der Waals surface area contributed by atoms with E-state index in [2.05, 4.69) is 15.6 Å². The molecule has 3 aliphatic rings. The average Bonchev–Trinajstić information content (AvgIpc) is 2.78. The fourth-order valence-electron chi connectivity index (χ4n) is 3.66. The monoisotopic (exact) mass is 383 g/mol. The number of thioether (sulfide) groups is 1. The molecule has 26 heavy (non-hydrogen) atoms. The molecule has 142 valence electrons. The molecule has 0 aromatic carbocycles. The number of aliphatic hydroxyl groups is 1. The molecule has 0 bridgehead atoms. The van der Waals surface area contributed by atoms with Crippen molar-refractivity contribution in [2.75, 3.05) is 13.1 Å². The smallest absolute Gasteiger partial charge is 0.353 e. The number of nitrogens with zero attached hydrogens (tertiary/aromatic N) is 2. The number of guanidine groups is 1. The van der Waals surface area contributed by atoms with Crippen LogP contribution in [0.5, 0.6) is 0 Å². The summed E-state index contributed by atoms with van der Waals surface area (Å²) in [5, 5.41) is 24.7. The van der Waals surface area contributed by atoms with Gasteiger partial charge in [0, 0.05) is 22.6 Å². The molecule has 3 amide bonds. The highest BCUT2D eigenvalue weighted by Crippen LogP contribution is 2.51. The van der Waals surface area contributed by atoms with Gasteiger partial charge in [0.25, 0.3) is 0 Å². The maximum Gasteiger partial charge on any atom is 0.353 e. The summed E-state index contributed by atoms with van der Waals surface area (Å²) in [6.45, 7) is 4.25. The van der Waals surface area contributed by atoms with E-state index in [1.807, 2.05) is 6.92 Å². The van der Waals surface area contributed by atoms with Crippen molar-refractivity contribution in [3.8, 4) is 0 Å². The summed E-state index contributed by atoms with van der Waals surface area (Å²) in [5.74, 6) is -1.97. The quantitative estimate of drug-likeness (QED) is 0.384. The number of carbonyl (C=O) groups is 3. The van der Waals surface area contributed by atoms with Crippen LogP contribution in [0.25, 0.3) is 0 Å². The minimum absolute atomic E-state index is 0.000521. The van der Waals surface area contributed by atoms with Gasteiger partial charge in [-0.2, -0.15) is 0 Å². The fourth-order valence-corrected chi connectivity index (χ4v) is 4.99. The predicted octanol–water partition coefficient (Wildman–Crippen LogP) is -1.13. The molecule has 0 saturated carbocycles. The van der Waals surface area contributed by atoms with Gasteiger partial charge in [0.05, 0.1) is 24.6 Å². The van der Waals surface area contributed by atoms with Crippen LogP contribution >= 0.6 is 11.8 Å². The van der Waals surface area contributed by atoms with Gasteiger partial charge >= 0.3 is 12.0 Å². The Labute approximate surface area is 153 Å². The highest BCUT2D eigenvalue weighted by Gasteiger charge is 2.60. The van der Waals surface area contributed by atoms with Crippen molar-refractivity contribution in [2.24, 2.45) is 22.6 Å². The van der Waals surface area contributed by atoms with Crippen LogP contribution in [0.2, 0.25) is 0 Å². The zero-order valence-electron chi connectivity index (χ0n) is 14.3. The van der Waals surface area contributed by atoms with Crippen molar-refractivity contribution in [3.05, 3.63) is 10.6 Å². The Morgan fingerprint density at radius 3 is 2.69 bits per heavy atom. The molecule has 5 atom stereocenters. The first kappa shape index (κ1) is 18.5. The van der Waals surface area contributed by atoms with Crippen LogP contribution in [0.4, 0.5) is 4.79 Å². The average molecular weight is 383 g/mol. The van der Waals surface area contributed by atoms with Gasteiger partial charge in [0.2, 0.25) is 5.91 Å². The van der Waals surface area contributed by atoms with E-state index in [-0.39, 0.29) is 34.8 Å². The van der Waals surface area contributed by atoms with Gasteiger partial charge < -0.3 is 26.2 Å². The van der Waals surface area contributed by atoms with Crippen molar-refractivity contribution in [2.45, 2.75) is 31.2 Å². The number of aliphatic imine (C=N–C) groups is 1. The number of carboxylic acid groups (broad SMARTS) is 1. The molecule has 3 rings (SSSR count). The number of primary amides is 1. The van der Waals surface area contributed by atoms with Crippen molar-refractivity contribution < 1.29 is 24.6 Å². The first-order chi connectivity index (χ1) is 12.2. The van der Waals surface area contributed by atoms with Gasteiger partial charge in [-0.15, -0.1) is 11.8 Å². The topological polar surface area (TPSA) is 157 Å². The number of β-lactam (4-membered cyclic amide) rings is 1. The molecular formula is C15H21N5O5S.